The van der Waals surface area contributed by atoms with E-state index < -0.39 is 11.7 Å². The van der Waals surface area contributed by atoms with E-state index in [4.69, 9.17) is 4.42 Å². The molecule has 0 spiro atoms. The number of ketones is 1. The molecule has 2 aromatic heterocycles. The van der Waals surface area contributed by atoms with Gasteiger partial charge in [-0.1, -0.05) is 0 Å². The smallest absolute Gasteiger partial charge is 0.222 e. The molecule has 0 saturated heterocycles. The summed E-state index contributed by atoms with van der Waals surface area (Å²) in [6, 6.07) is 6.83. The Morgan fingerprint density at radius 1 is 1.37 bits per heavy atom. The van der Waals surface area contributed by atoms with Gasteiger partial charge in [-0.25, -0.2) is 9.97 Å². The van der Waals surface area contributed by atoms with Gasteiger partial charge in [-0.05, 0) is 48.0 Å². The fourth-order valence-electron chi connectivity index (χ4n) is 1.70. The van der Waals surface area contributed by atoms with Crippen molar-refractivity contribution in [3.05, 3.63) is 45.8 Å². The summed E-state index contributed by atoms with van der Waals surface area (Å²) in [5, 5.41) is 9.20. The molecule has 0 aromatic carbocycles. The van der Waals surface area contributed by atoms with Crippen molar-refractivity contribution in [2.45, 2.75) is 19.8 Å². The van der Waals surface area contributed by atoms with Crippen LogP contribution in [0.3, 0.4) is 0 Å². The number of nitriles is 1. The number of aryl methyl sites for hydroxylation is 2. The lowest BCUT2D eigenvalue weighted by molar-refractivity contribution is 0.0948. The third-order valence-corrected chi connectivity index (χ3v) is 2.89. The van der Waals surface area contributed by atoms with Crippen LogP contribution in [0.1, 0.15) is 33.7 Å². The highest BCUT2D eigenvalue weighted by molar-refractivity contribution is 9.10. The van der Waals surface area contributed by atoms with Crippen LogP contribution in [0.4, 0.5) is 0 Å². The first-order chi connectivity index (χ1) is 9.01. The lowest BCUT2D eigenvalue weighted by atomic mass is 10.0. The van der Waals surface area contributed by atoms with E-state index in [1.54, 1.807) is 26.0 Å². The summed E-state index contributed by atoms with van der Waals surface area (Å²) < 4.78 is 5.61. The highest BCUT2D eigenvalue weighted by atomic mass is 79.9. The number of hydrogen-bond acceptors (Lipinski definition) is 5. The number of Topliss-reactive ketones (excluding diaryl/α,β-unsaturated/α-hetero) is 1. The van der Waals surface area contributed by atoms with Crippen LogP contribution >= 0.6 is 15.9 Å². The number of furan rings is 1. The molecule has 0 aliphatic heterocycles. The third-order valence-electron chi connectivity index (χ3n) is 2.47. The molecule has 0 aliphatic carbocycles. The zero-order valence-corrected chi connectivity index (χ0v) is 11.9. The van der Waals surface area contributed by atoms with E-state index in [0.29, 0.717) is 4.67 Å². The van der Waals surface area contributed by atoms with Crippen molar-refractivity contribution in [2.75, 3.05) is 0 Å². The van der Waals surface area contributed by atoms with E-state index >= 15 is 0 Å². The van der Waals surface area contributed by atoms with Crippen molar-refractivity contribution in [3.8, 4) is 6.07 Å². The molecular formula is C13H10BrN3O2. The topological polar surface area (TPSA) is 79.8 Å². The van der Waals surface area contributed by atoms with Crippen LogP contribution in [0.25, 0.3) is 0 Å². The SMILES string of the molecule is Cc1cc(C)nc([C@H](C#N)C(=O)c2ccc(Br)o2)n1. The maximum atomic E-state index is 12.2. The van der Waals surface area contributed by atoms with Gasteiger partial charge in [-0.15, -0.1) is 0 Å². The van der Waals surface area contributed by atoms with Crippen LogP contribution in [0, 0.1) is 25.2 Å². The molecule has 0 bridgehead atoms. The van der Waals surface area contributed by atoms with Gasteiger partial charge in [-0.2, -0.15) is 5.26 Å². The number of aromatic nitrogens is 2. The van der Waals surface area contributed by atoms with Gasteiger partial charge in [0.1, 0.15) is 0 Å². The summed E-state index contributed by atoms with van der Waals surface area (Å²) in [5.74, 6) is -1.19. The van der Waals surface area contributed by atoms with Gasteiger partial charge in [0.2, 0.25) is 5.78 Å². The molecule has 1 atom stereocenters. The number of carbonyl (C=O) groups excluding carboxylic acids is 1. The highest BCUT2D eigenvalue weighted by Gasteiger charge is 2.27. The normalized spacial score (nSPS) is 11.9. The van der Waals surface area contributed by atoms with E-state index in [0.717, 1.165) is 11.4 Å². The summed E-state index contributed by atoms with van der Waals surface area (Å²) in [6.07, 6.45) is 0. The van der Waals surface area contributed by atoms with Gasteiger partial charge in [0.15, 0.2) is 22.2 Å². The fourth-order valence-corrected chi connectivity index (χ4v) is 2.01. The molecule has 0 radical (unpaired) electrons. The Balaban J connectivity index is 2.40. The number of hydrogen-bond donors (Lipinski definition) is 0. The molecule has 0 fully saturated rings. The minimum absolute atomic E-state index is 0.112. The molecule has 2 heterocycles. The maximum Gasteiger partial charge on any atom is 0.222 e. The molecule has 2 aromatic rings. The van der Waals surface area contributed by atoms with Crippen LogP contribution in [-0.4, -0.2) is 15.8 Å². The van der Waals surface area contributed by atoms with Crippen molar-refractivity contribution in [3.63, 3.8) is 0 Å². The van der Waals surface area contributed by atoms with E-state index in [-0.39, 0.29) is 11.6 Å². The van der Waals surface area contributed by atoms with Crippen LogP contribution < -0.4 is 0 Å². The van der Waals surface area contributed by atoms with Crippen molar-refractivity contribution in [2.24, 2.45) is 0 Å². The van der Waals surface area contributed by atoms with Crippen LogP contribution in [0.5, 0.6) is 0 Å². The minimum Gasteiger partial charge on any atom is -0.446 e. The second-order valence-electron chi connectivity index (χ2n) is 4.04. The molecule has 0 amide bonds. The molecule has 0 unspecified atom stereocenters. The van der Waals surface area contributed by atoms with Gasteiger partial charge in [0, 0.05) is 11.4 Å². The summed E-state index contributed by atoms with van der Waals surface area (Å²) in [6.45, 7) is 3.58. The molecule has 0 N–H and O–H groups in total. The Hall–Kier alpha value is -2.00. The second-order valence-corrected chi connectivity index (χ2v) is 4.82. The predicted octanol–water partition coefficient (Wildman–Crippen LogP) is 2.94. The van der Waals surface area contributed by atoms with E-state index in [1.807, 2.05) is 6.07 Å². The largest absolute Gasteiger partial charge is 0.446 e. The standard InChI is InChI=1S/C13H10BrN3O2/c1-7-5-8(2)17-13(16-7)9(6-15)12(18)10-3-4-11(14)19-10/h3-5,9H,1-2H3/t9-/m1/s1. The molecule has 2 rings (SSSR count). The lowest BCUT2D eigenvalue weighted by Crippen LogP contribution is -2.15. The molecule has 96 valence electrons. The average Bonchev–Trinajstić information content (AvgIpc) is 2.75. The van der Waals surface area contributed by atoms with Crippen molar-refractivity contribution >= 4 is 21.7 Å². The van der Waals surface area contributed by atoms with Crippen molar-refractivity contribution < 1.29 is 9.21 Å². The molecule has 6 heteroatoms. The fraction of sp³-hybridized carbons (Fsp3) is 0.231. The maximum absolute atomic E-state index is 12.2. The molecular weight excluding hydrogens is 310 g/mol. The number of halogens is 1. The number of carbonyl (C=O) groups is 1. The van der Waals surface area contributed by atoms with E-state index in [9.17, 15) is 10.1 Å². The summed E-state index contributed by atoms with van der Waals surface area (Å²) in [5.41, 5.74) is 1.44. The number of rotatable bonds is 3. The first-order valence-electron chi connectivity index (χ1n) is 5.52. The predicted molar refractivity (Wildman–Crippen MR) is 70.6 cm³/mol. The Bertz CT molecular complexity index is 653. The molecule has 19 heavy (non-hydrogen) atoms. The Morgan fingerprint density at radius 2 is 2.00 bits per heavy atom. The van der Waals surface area contributed by atoms with Gasteiger partial charge in [0.25, 0.3) is 0 Å². The third kappa shape index (κ3) is 2.88. The van der Waals surface area contributed by atoms with Gasteiger partial charge < -0.3 is 4.42 Å². The first kappa shape index (κ1) is 13.4. The summed E-state index contributed by atoms with van der Waals surface area (Å²) in [7, 11) is 0. The van der Waals surface area contributed by atoms with E-state index in [1.165, 1.54) is 6.07 Å². The van der Waals surface area contributed by atoms with E-state index in [2.05, 4.69) is 25.9 Å². The minimum atomic E-state index is -1.06. The Morgan fingerprint density at radius 3 is 2.47 bits per heavy atom. The first-order valence-corrected chi connectivity index (χ1v) is 6.32. The van der Waals surface area contributed by atoms with Gasteiger partial charge in [0.05, 0.1) is 6.07 Å². The highest BCUT2D eigenvalue weighted by Crippen LogP contribution is 2.22. The zero-order valence-electron chi connectivity index (χ0n) is 10.3. The monoisotopic (exact) mass is 319 g/mol. The molecule has 5 nitrogen and oxygen atoms in total. The lowest BCUT2D eigenvalue weighted by Gasteiger charge is -2.07. The molecule has 0 aliphatic rings. The van der Waals surface area contributed by atoms with Crippen LogP contribution in [0.15, 0.2) is 27.3 Å². The summed E-state index contributed by atoms with van der Waals surface area (Å²) in [4.78, 5) is 20.5. The van der Waals surface area contributed by atoms with Crippen molar-refractivity contribution in [1.29, 1.82) is 5.26 Å². The Labute approximate surface area is 118 Å². The summed E-state index contributed by atoms with van der Waals surface area (Å²) >= 11 is 3.12. The van der Waals surface area contributed by atoms with Crippen molar-refractivity contribution in [1.82, 2.24) is 9.97 Å². The second kappa shape index (κ2) is 5.33. The quantitative estimate of drug-likeness (QED) is 0.812. The van der Waals surface area contributed by atoms with Gasteiger partial charge in [-0.3, -0.25) is 4.79 Å². The Kier molecular flexibility index (Phi) is 3.76. The number of nitrogens with zero attached hydrogens (tertiary/aromatic N) is 3. The average molecular weight is 320 g/mol. The molecule has 0 saturated carbocycles. The van der Waals surface area contributed by atoms with Crippen LogP contribution in [0.2, 0.25) is 0 Å². The zero-order chi connectivity index (χ0) is 14.0. The van der Waals surface area contributed by atoms with Gasteiger partial charge >= 0.3 is 0 Å². The van der Waals surface area contributed by atoms with Crippen LogP contribution in [-0.2, 0) is 0 Å².